The van der Waals surface area contributed by atoms with E-state index in [1.54, 1.807) is 12.1 Å². The second-order valence-electron chi connectivity index (χ2n) is 5.92. The molecule has 1 atom stereocenters. The Labute approximate surface area is 122 Å². The van der Waals surface area contributed by atoms with Gasteiger partial charge in [0.05, 0.1) is 4.90 Å². The summed E-state index contributed by atoms with van der Waals surface area (Å²) in [7, 11) is -3.10. The Morgan fingerprint density at radius 1 is 1.30 bits per heavy atom. The van der Waals surface area contributed by atoms with Gasteiger partial charge in [-0.1, -0.05) is 0 Å². The lowest BCUT2D eigenvalue weighted by Crippen LogP contribution is -2.29. The molecular weight excluding hydrogens is 272 g/mol. The number of nitrogens with one attached hydrogen (secondary N) is 1. The van der Waals surface area contributed by atoms with E-state index in [4.69, 9.17) is 0 Å². The van der Waals surface area contributed by atoms with Crippen molar-refractivity contribution in [1.82, 2.24) is 4.90 Å². The van der Waals surface area contributed by atoms with Crippen LogP contribution in [0.2, 0.25) is 0 Å². The molecule has 20 heavy (non-hydrogen) atoms. The zero-order valence-corrected chi connectivity index (χ0v) is 13.3. The Balaban J connectivity index is 1.86. The first kappa shape index (κ1) is 15.3. The van der Waals surface area contributed by atoms with Crippen molar-refractivity contribution < 1.29 is 8.42 Å². The first-order valence-electron chi connectivity index (χ1n) is 7.14. The normalized spacial score (nSPS) is 20.5. The molecule has 5 heteroatoms. The minimum Gasteiger partial charge on any atom is -0.385 e. The summed E-state index contributed by atoms with van der Waals surface area (Å²) in [6.07, 6.45) is 2.46. The largest absolute Gasteiger partial charge is 0.385 e. The van der Waals surface area contributed by atoms with Crippen molar-refractivity contribution in [1.29, 1.82) is 0 Å². The molecule has 0 aromatic heterocycles. The van der Waals surface area contributed by atoms with Crippen molar-refractivity contribution >= 4 is 15.5 Å². The molecule has 1 aromatic rings. The fourth-order valence-electron chi connectivity index (χ4n) is 2.58. The third-order valence-corrected chi connectivity index (χ3v) is 5.05. The van der Waals surface area contributed by atoms with Crippen molar-refractivity contribution in [2.45, 2.75) is 31.2 Å². The Morgan fingerprint density at radius 2 is 1.95 bits per heavy atom. The minimum absolute atomic E-state index is 0.370. The molecule has 1 aliphatic rings. The number of sulfone groups is 1. The van der Waals surface area contributed by atoms with Gasteiger partial charge in [0.25, 0.3) is 0 Å². The summed E-state index contributed by atoms with van der Waals surface area (Å²) >= 11 is 0. The zero-order valence-electron chi connectivity index (χ0n) is 12.5. The molecule has 0 amide bonds. The minimum atomic E-state index is -3.10. The summed E-state index contributed by atoms with van der Waals surface area (Å²) in [4.78, 5) is 2.87. The monoisotopic (exact) mass is 296 g/mol. The highest BCUT2D eigenvalue weighted by Gasteiger charge is 2.23. The van der Waals surface area contributed by atoms with Gasteiger partial charge in [-0.05, 0) is 57.0 Å². The van der Waals surface area contributed by atoms with Crippen molar-refractivity contribution in [2.24, 2.45) is 5.92 Å². The van der Waals surface area contributed by atoms with Crippen LogP contribution in [0.1, 0.15) is 20.3 Å². The number of anilines is 1. The molecule has 2 rings (SSSR count). The van der Waals surface area contributed by atoms with Crippen LogP contribution in [-0.2, 0) is 9.84 Å². The Morgan fingerprint density at radius 3 is 2.45 bits per heavy atom. The smallest absolute Gasteiger partial charge is 0.175 e. The van der Waals surface area contributed by atoms with Crippen molar-refractivity contribution in [2.75, 3.05) is 31.2 Å². The number of nitrogens with zero attached hydrogens (tertiary/aromatic N) is 1. The number of hydrogen-bond donors (Lipinski definition) is 1. The van der Waals surface area contributed by atoms with Crippen molar-refractivity contribution in [3.8, 4) is 0 Å². The van der Waals surface area contributed by atoms with Gasteiger partial charge in [0.1, 0.15) is 0 Å². The maximum absolute atomic E-state index is 11.4. The third kappa shape index (κ3) is 3.96. The van der Waals surface area contributed by atoms with E-state index in [1.165, 1.54) is 19.2 Å². The molecule has 4 nitrogen and oxygen atoms in total. The molecule has 0 aliphatic carbocycles. The summed E-state index contributed by atoms with van der Waals surface area (Å²) in [5, 5.41) is 3.40. The van der Waals surface area contributed by atoms with Gasteiger partial charge in [-0.15, -0.1) is 0 Å². The SMILES string of the molecule is CC(C)N1CCC(CNc2ccc(S(C)(=O)=O)cc2)C1. The Kier molecular flexibility index (Phi) is 4.70. The maximum Gasteiger partial charge on any atom is 0.175 e. The predicted octanol–water partition coefficient (Wildman–Crippen LogP) is 2.23. The lowest BCUT2D eigenvalue weighted by molar-refractivity contribution is 0.266. The van der Waals surface area contributed by atoms with E-state index in [0.29, 0.717) is 16.9 Å². The standard InChI is InChI=1S/C15H24N2O2S/c1-12(2)17-9-8-13(11-17)10-16-14-4-6-15(7-5-14)20(3,18)19/h4-7,12-13,16H,8-11H2,1-3H3. The summed E-state index contributed by atoms with van der Waals surface area (Å²) in [5.41, 5.74) is 0.986. The highest BCUT2D eigenvalue weighted by atomic mass is 32.2. The third-order valence-electron chi connectivity index (χ3n) is 3.92. The molecule has 1 saturated heterocycles. The summed E-state index contributed by atoms with van der Waals surface area (Å²) in [6, 6.07) is 7.62. The van der Waals surface area contributed by atoms with Gasteiger partial charge in [0.15, 0.2) is 9.84 Å². The van der Waals surface area contributed by atoms with Crippen LogP contribution in [0.15, 0.2) is 29.2 Å². The first-order chi connectivity index (χ1) is 9.36. The molecule has 112 valence electrons. The molecule has 0 saturated carbocycles. The fraction of sp³-hybridized carbons (Fsp3) is 0.600. The first-order valence-corrected chi connectivity index (χ1v) is 9.03. The quantitative estimate of drug-likeness (QED) is 0.905. The summed E-state index contributed by atoms with van der Waals surface area (Å²) in [6.45, 7) is 7.74. The second-order valence-corrected chi connectivity index (χ2v) is 7.94. The van der Waals surface area contributed by atoms with Crippen LogP contribution >= 0.6 is 0 Å². The van der Waals surface area contributed by atoms with Crippen LogP contribution in [0.4, 0.5) is 5.69 Å². The lowest BCUT2D eigenvalue weighted by atomic mass is 10.1. The van der Waals surface area contributed by atoms with E-state index in [-0.39, 0.29) is 0 Å². The van der Waals surface area contributed by atoms with E-state index in [2.05, 4.69) is 24.1 Å². The number of likely N-dealkylation sites (tertiary alicyclic amines) is 1. The Bertz CT molecular complexity index is 537. The van der Waals surface area contributed by atoms with Gasteiger partial charge in [0.2, 0.25) is 0 Å². The average molecular weight is 296 g/mol. The van der Waals surface area contributed by atoms with Crippen LogP contribution in [0.25, 0.3) is 0 Å². The predicted molar refractivity (Wildman–Crippen MR) is 82.9 cm³/mol. The van der Waals surface area contributed by atoms with Gasteiger partial charge < -0.3 is 10.2 Å². The molecule has 1 N–H and O–H groups in total. The Hall–Kier alpha value is -1.07. The van der Waals surface area contributed by atoms with Crippen LogP contribution in [0.5, 0.6) is 0 Å². The molecular formula is C15H24N2O2S. The zero-order chi connectivity index (χ0) is 14.8. The summed E-state index contributed by atoms with van der Waals surface area (Å²) < 4.78 is 22.8. The molecule has 1 aliphatic heterocycles. The van der Waals surface area contributed by atoms with Crippen LogP contribution in [0.3, 0.4) is 0 Å². The van der Waals surface area contributed by atoms with E-state index in [9.17, 15) is 8.42 Å². The van der Waals surface area contributed by atoms with E-state index in [0.717, 1.165) is 18.8 Å². The molecule has 0 spiro atoms. The molecule has 1 aromatic carbocycles. The highest BCUT2D eigenvalue weighted by Crippen LogP contribution is 2.20. The number of rotatable bonds is 5. The molecule has 0 radical (unpaired) electrons. The van der Waals surface area contributed by atoms with E-state index in [1.807, 2.05) is 12.1 Å². The van der Waals surface area contributed by atoms with Crippen LogP contribution in [-0.4, -0.2) is 45.2 Å². The highest BCUT2D eigenvalue weighted by molar-refractivity contribution is 7.90. The number of hydrogen-bond acceptors (Lipinski definition) is 4. The van der Waals surface area contributed by atoms with Gasteiger partial charge in [-0.2, -0.15) is 0 Å². The van der Waals surface area contributed by atoms with E-state index < -0.39 is 9.84 Å². The lowest BCUT2D eigenvalue weighted by Gasteiger charge is -2.20. The van der Waals surface area contributed by atoms with E-state index >= 15 is 0 Å². The van der Waals surface area contributed by atoms with Gasteiger partial charge in [-0.3, -0.25) is 0 Å². The molecule has 0 bridgehead atoms. The number of benzene rings is 1. The molecule has 1 fully saturated rings. The maximum atomic E-state index is 11.4. The molecule has 1 heterocycles. The second kappa shape index (κ2) is 6.14. The van der Waals surface area contributed by atoms with Gasteiger partial charge in [-0.25, -0.2) is 8.42 Å². The fourth-order valence-corrected chi connectivity index (χ4v) is 3.21. The molecule has 1 unspecified atom stereocenters. The van der Waals surface area contributed by atoms with Crippen LogP contribution < -0.4 is 5.32 Å². The van der Waals surface area contributed by atoms with Crippen molar-refractivity contribution in [3.05, 3.63) is 24.3 Å². The van der Waals surface area contributed by atoms with Crippen molar-refractivity contribution in [3.63, 3.8) is 0 Å². The topological polar surface area (TPSA) is 49.4 Å². The average Bonchev–Trinajstić information content (AvgIpc) is 2.85. The summed E-state index contributed by atoms with van der Waals surface area (Å²) in [5.74, 6) is 0.673. The van der Waals surface area contributed by atoms with Gasteiger partial charge in [0, 0.05) is 31.1 Å². The van der Waals surface area contributed by atoms with Crippen LogP contribution in [0, 0.1) is 5.92 Å². The van der Waals surface area contributed by atoms with Gasteiger partial charge >= 0.3 is 0 Å².